The van der Waals surface area contributed by atoms with E-state index in [9.17, 15) is 0 Å². The molecule has 293 valence electrons. The Morgan fingerprint density at radius 1 is 0.754 bits per heavy atom. The molecule has 0 spiro atoms. The average Bonchev–Trinajstić information content (AvgIpc) is 3.95. The van der Waals surface area contributed by atoms with Crippen LogP contribution >= 0.6 is 11.3 Å². The van der Waals surface area contributed by atoms with Crippen LogP contribution in [-0.4, -0.2) is 22.6 Å². The molecule has 8 aromatic rings. The van der Waals surface area contributed by atoms with Crippen LogP contribution in [0.5, 0.6) is 0 Å². The molecule has 9 rings (SSSR count). The molecular weight excluding hydrogens is 907 g/mol. The second-order valence-electron chi connectivity index (χ2n) is 17.2. The van der Waals surface area contributed by atoms with Gasteiger partial charge in [0, 0.05) is 36.7 Å². The van der Waals surface area contributed by atoms with Crippen LogP contribution in [0.4, 0.5) is 0 Å². The second-order valence-corrected chi connectivity index (χ2v) is 23.3. The van der Waals surface area contributed by atoms with Crippen LogP contribution in [0.2, 0.25) is 19.6 Å². The van der Waals surface area contributed by atoms with Gasteiger partial charge >= 0.3 is 0 Å². The number of hydrogen-bond acceptors (Lipinski definition) is 3. The van der Waals surface area contributed by atoms with Crippen LogP contribution in [0.3, 0.4) is 0 Å². The summed E-state index contributed by atoms with van der Waals surface area (Å²) in [7, 11) is -1.35. The predicted octanol–water partition coefficient (Wildman–Crippen LogP) is 13.9. The third kappa shape index (κ3) is 8.52. The van der Waals surface area contributed by atoms with Gasteiger partial charge in [0.1, 0.15) is 0 Å². The molecule has 1 aliphatic carbocycles. The molecule has 0 saturated heterocycles. The minimum atomic E-state index is -1.35. The molecule has 0 amide bonds. The maximum Gasteiger partial charge on any atom is 0.0798 e. The van der Waals surface area contributed by atoms with Gasteiger partial charge in [-0.2, -0.15) is 11.3 Å². The summed E-state index contributed by atoms with van der Waals surface area (Å²) in [5.41, 5.74) is 10.9. The van der Waals surface area contributed by atoms with E-state index in [1.54, 1.807) is 10.8 Å². The Kier molecular flexibility index (Phi) is 12.5. The fourth-order valence-corrected chi connectivity index (χ4v) is 11.2. The number of pyridine rings is 1. The Labute approximate surface area is 358 Å². The molecule has 0 unspecified atom stereocenters. The molecule has 1 radical (unpaired) electrons. The predicted molar refractivity (Wildman–Crippen MR) is 244 cm³/mol. The Balaban J connectivity index is 0.000000188. The molecule has 0 atom stereocenters. The summed E-state index contributed by atoms with van der Waals surface area (Å²) in [6.45, 7) is 16.4. The fourth-order valence-electron chi connectivity index (χ4n) is 8.57. The van der Waals surface area contributed by atoms with E-state index in [0.29, 0.717) is 11.8 Å². The van der Waals surface area contributed by atoms with E-state index >= 15 is 0 Å². The SMILES string of the molecule is CC(C)c1cccc(C(C)C)c1-n1c(-c2[c-]cc3sc4ccccc4c3c2)nc2ccccc21.C[Si](C)(C)c1cnc(-c2[c-]cccc2)cc1CC1CCCC1.[Ir]. The number of fused-ring (bicyclic) bond motifs is 4. The van der Waals surface area contributed by atoms with Crippen LogP contribution in [-0.2, 0) is 26.5 Å². The first kappa shape index (κ1) is 41.0. The minimum absolute atomic E-state index is 0. The summed E-state index contributed by atoms with van der Waals surface area (Å²) >= 11 is 1.83. The first-order chi connectivity index (χ1) is 27.1. The number of thiophene rings is 1. The van der Waals surface area contributed by atoms with Crippen molar-refractivity contribution in [2.45, 2.75) is 91.3 Å². The molecule has 3 nitrogen and oxygen atoms in total. The number of rotatable bonds is 8. The number of imidazole rings is 1. The van der Waals surface area contributed by atoms with Crippen molar-refractivity contribution in [3.8, 4) is 28.3 Å². The third-order valence-corrected chi connectivity index (χ3v) is 14.6. The second kappa shape index (κ2) is 17.3. The van der Waals surface area contributed by atoms with E-state index in [1.165, 1.54) is 69.1 Å². The maximum absolute atomic E-state index is 5.17. The molecule has 1 fully saturated rings. The van der Waals surface area contributed by atoms with Crippen molar-refractivity contribution in [1.29, 1.82) is 0 Å². The van der Waals surface area contributed by atoms with Gasteiger partial charge in [0.25, 0.3) is 0 Å². The van der Waals surface area contributed by atoms with Gasteiger partial charge in [0.2, 0.25) is 0 Å². The van der Waals surface area contributed by atoms with Crippen molar-refractivity contribution in [2.24, 2.45) is 5.92 Å². The van der Waals surface area contributed by atoms with Crippen LogP contribution in [0.1, 0.15) is 81.9 Å². The molecule has 57 heavy (non-hydrogen) atoms. The van der Waals surface area contributed by atoms with Crippen LogP contribution in [0, 0.1) is 18.1 Å². The summed E-state index contributed by atoms with van der Waals surface area (Å²) in [6.07, 6.45) is 9.03. The van der Waals surface area contributed by atoms with Crippen molar-refractivity contribution in [1.82, 2.24) is 14.5 Å². The van der Waals surface area contributed by atoms with E-state index in [1.807, 2.05) is 23.5 Å². The van der Waals surface area contributed by atoms with Crippen molar-refractivity contribution in [3.63, 3.8) is 0 Å². The van der Waals surface area contributed by atoms with Crippen molar-refractivity contribution in [2.75, 3.05) is 0 Å². The Bertz CT molecular complexity index is 2600. The Hall–Kier alpha value is -4.19. The summed E-state index contributed by atoms with van der Waals surface area (Å²) in [5, 5.41) is 4.11. The summed E-state index contributed by atoms with van der Waals surface area (Å²) in [5.74, 6) is 2.63. The average molecular weight is 960 g/mol. The van der Waals surface area contributed by atoms with Crippen LogP contribution in [0.15, 0.2) is 115 Å². The molecule has 0 N–H and O–H groups in total. The molecule has 0 aliphatic heterocycles. The van der Waals surface area contributed by atoms with Gasteiger partial charge in [-0.25, -0.2) is 0 Å². The van der Waals surface area contributed by atoms with Gasteiger partial charge in [-0.15, -0.1) is 59.7 Å². The number of hydrogen-bond donors (Lipinski definition) is 0. The zero-order valence-corrected chi connectivity index (χ0v) is 38.5. The zero-order valence-electron chi connectivity index (χ0n) is 34.3. The normalized spacial score (nSPS) is 13.4. The number of para-hydroxylation sites is 3. The number of benzene rings is 5. The Morgan fingerprint density at radius 3 is 2.16 bits per heavy atom. The quantitative estimate of drug-likeness (QED) is 0.112. The van der Waals surface area contributed by atoms with Gasteiger partial charge < -0.3 is 9.55 Å². The molecule has 5 aromatic carbocycles. The van der Waals surface area contributed by atoms with Crippen molar-refractivity contribution in [3.05, 3.63) is 144 Å². The third-order valence-electron chi connectivity index (χ3n) is 11.4. The van der Waals surface area contributed by atoms with E-state index in [0.717, 1.165) is 39.6 Å². The van der Waals surface area contributed by atoms with Crippen molar-refractivity contribution >= 4 is 55.8 Å². The Morgan fingerprint density at radius 2 is 1.46 bits per heavy atom. The summed E-state index contributed by atoms with van der Waals surface area (Å²) in [4.78, 5) is 9.92. The summed E-state index contributed by atoms with van der Waals surface area (Å²) < 4.78 is 4.95. The first-order valence-electron chi connectivity index (χ1n) is 20.5. The fraction of sp³-hybridized carbons (Fsp3) is 0.294. The van der Waals surface area contributed by atoms with Gasteiger partial charge in [0.15, 0.2) is 0 Å². The van der Waals surface area contributed by atoms with E-state index in [-0.39, 0.29) is 20.1 Å². The number of aromatic nitrogens is 3. The van der Waals surface area contributed by atoms with Crippen molar-refractivity contribution < 1.29 is 20.1 Å². The molecule has 0 bridgehead atoms. The van der Waals surface area contributed by atoms with Crippen LogP contribution in [0.25, 0.3) is 59.5 Å². The molecule has 1 saturated carbocycles. The maximum atomic E-state index is 5.17. The van der Waals surface area contributed by atoms with Gasteiger partial charge in [-0.1, -0.05) is 139 Å². The minimum Gasteiger partial charge on any atom is -0.333 e. The van der Waals surface area contributed by atoms with Crippen LogP contribution < -0.4 is 5.19 Å². The topological polar surface area (TPSA) is 30.7 Å². The van der Waals surface area contributed by atoms with Gasteiger partial charge in [-0.3, -0.25) is 4.98 Å². The largest absolute Gasteiger partial charge is 0.333 e. The van der Waals surface area contributed by atoms with Gasteiger partial charge in [0.05, 0.1) is 24.9 Å². The number of nitrogens with zero attached hydrogens (tertiary/aromatic N) is 3. The standard InChI is InChI=1S/C31H27N2S.C20H26NSi.Ir/c1-19(2)22-11-9-12-23(20(3)4)30(22)33-27-14-7-6-13-26(27)32-31(33)21-16-17-29-25(18-21)24-10-5-8-15-28(24)34-29;1-22(2,3)20-15-21-19(17-11-5-4-6-12-17)14-18(20)13-16-9-7-8-10-16;/h5-15,17-20H,1-4H3;4-6,11,14-16H,7-10,13H2,1-3H3;/q2*-1;. The summed E-state index contributed by atoms with van der Waals surface area (Å²) in [6, 6.07) is 45.7. The molecule has 3 heterocycles. The van der Waals surface area contributed by atoms with E-state index < -0.39 is 8.07 Å². The van der Waals surface area contributed by atoms with E-state index in [2.05, 4.69) is 167 Å². The van der Waals surface area contributed by atoms with E-state index in [4.69, 9.17) is 9.97 Å². The first-order valence-corrected chi connectivity index (χ1v) is 24.8. The van der Waals surface area contributed by atoms with Gasteiger partial charge in [-0.05, 0) is 74.5 Å². The molecule has 3 aromatic heterocycles. The monoisotopic (exact) mass is 960 g/mol. The molecular formula is C51H53IrN3SSi-2. The zero-order chi connectivity index (χ0) is 39.0. The molecule has 1 aliphatic rings. The smallest absolute Gasteiger partial charge is 0.0798 e. The molecule has 6 heteroatoms.